The molecule has 1 aliphatic heterocycles. The van der Waals surface area contributed by atoms with Crippen molar-refractivity contribution >= 4 is 26.8 Å². The van der Waals surface area contributed by atoms with Gasteiger partial charge in [0.25, 0.3) is 10.1 Å². The maximum Gasteiger partial charge on any atom is 0.294 e. The maximum atomic E-state index is 11.7. The zero-order valence-electron chi connectivity index (χ0n) is 20.3. The van der Waals surface area contributed by atoms with E-state index in [2.05, 4.69) is 60.6 Å². The van der Waals surface area contributed by atoms with Gasteiger partial charge in [0, 0.05) is 47.4 Å². The quantitative estimate of drug-likeness (QED) is 0.239. The highest BCUT2D eigenvalue weighted by molar-refractivity contribution is 7.85. The molecule has 0 bridgehead atoms. The normalized spacial score (nSPS) is 12.9. The predicted molar refractivity (Wildman–Crippen MR) is 138 cm³/mol. The Hall–Kier alpha value is -3.16. The van der Waals surface area contributed by atoms with Crippen molar-refractivity contribution in [3.8, 4) is 22.5 Å². The van der Waals surface area contributed by atoms with Crippen molar-refractivity contribution in [1.82, 2.24) is 4.58 Å². The van der Waals surface area contributed by atoms with Crippen LogP contribution < -0.4 is 14.8 Å². The Kier molecular flexibility index (Phi) is 6.51. The Balaban J connectivity index is 2.09. The number of aryl methyl sites for hydroxylation is 1. The first-order chi connectivity index (χ1) is 16.2. The topological polar surface area (TPSA) is 73.8 Å². The molecule has 6 nitrogen and oxygen atoms in total. The van der Waals surface area contributed by atoms with Crippen molar-refractivity contribution in [1.29, 1.82) is 0 Å². The van der Waals surface area contributed by atoms with E-state index in [0.29, 0.717) is 0 Å². The van der Waals surface area contributed by atoms with Crippen LogP contribution in [0.2, 0.25) is 0 Å². The first kappa shape index (κ1) is 24.0. The Morgan fingerprint density at radius 1 is 0.941 bits per heavy atom. The van der Waals surface area contributed by atoms with Crippen LogP contribution in [0.25, 0.3) is 33.4 Å². The van der Waals surface area contributed by atoms with Gasteiger partial charge in [0.2, 0.25) is 5.36 Å². The molecule has 178 valence electrons. The lowest BCUT2D eigenvalue weighted by molar-refractivity contribution is 0.483. The van der Waals surface area contributed by atoms with Crippen molar-refractivity contribution in [3.05, 3.63) is 65.5 Å². The van der Waals surface area contributed by atoms with Crippen LogP contribution in [0.4, 0.5) is 5.69 Å². The molecule has 34 heavy (non-hydrogen) atoms. The lowest BCUT2D eigenvalue weighted by Gasteiger charge is -2.22. The molecular formula is C27H31N2O4S+. The van der Waals surface area contributed by atoms with E-state index in [1.807, 2.05) is 20.0 Å². The minimum Gasteiger partial charge on any atom is -0.456 e. The number of hydrogen-bond donors (Lipinski definition) is 1. The third-order valence-corrected chi connectivity index (χ3v) is 7.35. The molecular weight excluding hydrogens is 448 g/mol. The summed E-state index contributed by atoms with van der Waals surface area (Å²) in [5.74, 6) is 0.759. The molecule has 0 radical (unpaired) electrons. The first-order valence-corrected chi connectivity index (χ1v) is 13.0. The molecule has 2 aromatic carbocycles. The van der Waals surface area contributed by atoms with E-state index in [1.54, 1.807) is 6.07 Å². The fraction of sp³-hybridized carbons (Fsp3) is 0.296. The summed E-state index contributed by atoms with van der Waals surface area (Å²) in [6.45, 7) is 10.9. The monoisotopic (exact) mass is 479 g/mol. The molecule has 0 saturated heterocycles. The molecule has 1 heterocycles. The van der Waals surface area contributed by atoms with Gasteiger partial charge in [0.1, 0.15) is 24.9 Å². The standard InChI is InChI=1S/C27H30N2O4S/c1-6-28(5)19-9-12-23-25(16-19)33-26-17-20(29(7-2)8-3)10-13-24(26)27(23)22-14-11-21(15-18(22)4)34(30,31)32/h9-17H,6-8H2,1-5H3/p+1. The van der Waals surface area contributed by atoms with Gasteiger partial charge in [0.15, 0.2) is 0 Å². The number of fused-ring (bicyclic) bond motifs is 2. The van der Waals surface area contributed by atoms with Gasteiger partial charge in [-0.05, 0) is 69.2 Å². The fourth-order valence-corrected chi connectivity index (χ4v) is 5.01. The summed E-state index contributed by atoms with van der Waals surface area (Å²) in [5.41, 5.74) is 5.43. The van der Waals surface area contributed by atoms with Crippen molar-refractivity contribution < 1.29 is 17.4 Å². The molecule has 1 N–H and O–H groups in total. The van der Waals surface area contributed by atoms with E-state index in [9.17, 15) is 13.0 Å². The van der Waals surface area contributed by atoms with Crippen molar-refractivity contribution in [2.24, 2.45) is 0 Å². The maximum absolute atomic E-state index is 11.7. The van der Waals surface area contributed by atoms with E-state index < -0.39 is 10.1 Å². The molecule has 0 unspecified atom stereocenters. The number of anilines is 1. The average molecular weight is 480 g/mol. The molecule has 7 heteroatoms. The summed E-state index contributed by atoms with van der Waals surface area (Å²) in [7, 11) is -2.24. The molecule has 0 spiro atoms. The number of hydrogen-bond acceptors (Lipinski definition) is 4. The van der Waals surface area contributed by atoms with Gasteiger partial charge in [-0.2, -0.15) is 8.42 Å². The van der Waals surface area contributed by atoms with Gasteiger partial charge in [-0.1, -0.05) is 6.07 Å². The first-order valence-electron chi connectivity index (χ1n) is 11.6. The number of rotatable bonds is 6. The van der Waals surface area contributed by atoms with Crippen molar-refractivity contribution in [2.45, 2.75) is 32.6 Å². The third kappa shape index (κ3) is 4.33. The lowest BCUT2D eigenvalue weighted by atomic mass is 9.91. The summed E-state index contributed by atoms with van der Waals surface area (Å²) in [6.07, 6.45) is 0. The Labute approximate surface area is 200 Å². The summed E-state index contributed by atoms with van der Waals surface area (Å²) in [4.78, 5) is 2.16. The Morgan fingerprint density at radius 3 is 2.26 bits per heavy atom. The van der Waals surface area contributed by atoms with Crippen LogP contribution in [0.3, 0.4) is 0 Å². The highest BCUT2D eigenvalue weighted by Gasteiger charge is 2.21. The highest BCUT2D eigenvalue weighted by atomic mass is 32.2. The average Bonchev–Trinajstić information content (AvgIpc) is 2.82. The minimum atomic E-state index is -4.28. The fourth-order valence-electron chi connectivity index (χ4n) is 4.44. The van der Waals surface area contributed by atoms with Gasteiger partial charge < -0.3 is 9.32 Å². The molecule has 2 aromatic rings. The summed E-state index contributed by atoms with van der Waals surface area (Å²) in [6, 6.07) is 17.1. The van der Waals surface area contributed by atoms with Crippen molar-refractivity contribution in [3.63, 3.8) is 0 Å². The highest BCUT2D eigenvalue weighted by Crippen LogP contribution is 2.42. The van der Waals surface area contributed by atoms with Gasteiger partial charge >= 0.3 is 0 Å². The zero-order valence-corrected chi connectivity index (χ0v) is 21.1. The van der Waals surface area contributed by atoms with E-state index in [1.165, 1.54) is 12.1 Å². The molecule has 2 aliphatic rings. The van der Waals surface area contributed by atoms with Crippen LogP contribution in [0.5, 0.6) is 0 Å². The molecule has 1 aliphatic carbocycles. The molecule has 0 atom stereocenters. The van der Waals surface area contributed by atoms with E-state index in [0.717, 1.165) is 69.7 Å². The van der Waals surface area contributed by atoms with E-state index >= 15 is 0 Å². The lowest BCUT2D eigenvalue weighted by Crippen LogP contribution is -2.25. The largest absolute Gasteiger partial charge is 0.456 e. The van der Waals surface area contributed by atoms with E-state index in [4.69, 9.17) is 4.42 Å². The molecule has 0 amide bonds. The van der Waals surface area contributed by atoms with E-state index in [-0.39, 0.29) is 4.90 Å². The number of benzene rings is 3. The van der Waals surface area contributed by atoms with Gasteiger partial charge in [-0.25, -0.2) is 4.58 Å². The van der Waals surface area contributed by atoms with Crippen molar-refractivity contribution in [2.75, 3.05) is 31.6 Å². The zero-order chi connectivity index (χ0) is 24.6. The molecule has 0 aromatic heterocycles. The van der Waals surface area contributed by atoms with Gasteiger partial charge in [-0.3, -0.25) is 4.55 Å². The Morgan fingerprint density at radius 2 is 1.65 bits per heavy atom. The smallest absolute Gasteiger partial charge is 0.294 e. The molecule has 0 saturated carbocycles. The summed E-state index contributed by atoms with van der Waals surface area (Å²) < 4.78 is 41.5. The van der Waals surface area contributed by atoms with Crippen LogP contribution >= 0.6 is 0 Å². The minimum absolute atomic E-state index is 0.112. The van der Waals surface area contributed by atoms with Gasteiger partial charge in [0.05, 0.1) is 11.0 Å². The van der Waals surface area contributed by atoms with Crippen LogP contribution in [0.1, 0.15) is 26.3 Å². The second kappa shape index (κ2) is 9.24. The SMILES string of the molecule is CCN(CC)c1ccc2c(-c3ccc(S(=O)(=O)O)cc3C)c3ccc(=[N+](C)CC)cc-3oc2c1. The molecule has 0 fully saturated rings. The second-order valence-corrected chi connectivity index (χ2v) is 9.90. The van der Waals surface area contributed by atoms with Gasteiger partial charge in [-0.15, -0.1) is 0 Å². The summed E-state index contributed by atoms with van der Waals surface area (Å²) >= 11 is 0. The second-order valence-electron chi connectivity index (χ2n) is 8.48. The van der Waals surface area contributed by atoms with Crippen LogP contribution in [0.15, 0.2) is 63.9 Å². The van der Waals surface area contributed by atoms with Crippen LogP contribution in [-0.2, 0) is 10.1 Å². The number of nitrogens with zero attached hydrogens (tertiary/aromatic N) is 2. The summed E-state index contributed by atoms with van der Waals surface area (Å²) in [5, 5.41) is 2.00. The molecule has 4 rings (SSSR count). The third-order valence-electron chi connectivity index (χ3n) is 6.50. The van der Waals surface area contributed by atoms with Crippen LogP contribution in [-0.4, -0.2) is 39.7 Å². The Bertz CT molecular complexity index is 1520. The predicted octanol–water partition coefficient (Wildman–Crippen LogP) is 5.03. The van der Waals surface area contributed by atoms with Crippen LogP contribution in [0, 0.1) is 6.92 Å².